The van der Waals surface area contributed by atoms with Gasteiger partial charge in [-0.15, -0.1) is 10.2 Å². The largest absolute Gasteiger partial charge is 0.508 e. The van der Waals surface area contributed by atoms with E-state index in [2.05, 4.69) is 10.2 Å². The van der Waals surface area contributed by atoms with Crippen molar-refractivity contribution in [2.24, 2.45) is 0 Å². The molecule has 7 heteroatoms. The van der Waals surface area contributed by atoms with Crippen LogP contribution in [0.15, 0.2) is 30.3 Å². The van der Waals surface area contributed by atoms with Gasteiger partial charge in [-0.05, 0) is 12.1 Å². The fraction of sp³-hybridized carbons (Fsp3) is 0.154. The summed E-state index contributed by atoms with van der Waals surface area (Å²) in [5.41, 5.74) is 0.803. The number of phenols is 1. The molecule has 0 aliphatic carbocycles. The number of para-hydroxylation sites is 1. The average molecular weight is 312 g/mol. The lowest BCUT2D eigenvalue weighted by molar-refractivity contribution is 0.0784. The minimum absolute atomic E-state index is 0.0106. The third-order valence-electron chi connectivity index (χ3n) is 2.70. The molecule has 0 saturated heterocycles. The predicted molar refractivity (Wildman–Crippen MR) is 76.0 cm³/mol. The Balaban J connectivity index is 2.21. The zero-order valence-corrected chi connectivity index (χ0v) is 12.1. The molecule has 1 aromatic heterocycles. The Kier molecular flexibility index (Phi) is 4.42. The van der Waals surface area contributed by atoms with Crippen molar-refractivity contribution in [1.29, 1.82) is 0 Å². The van der Waals surface area contributed by atoms with E-state index in [0.717, 1.165) is 0 Å². The molecular weight excluding hydrogens is 301 g/mol. The monoisotopic (exact) mass is 311 g/mol. The van der Waals surface area contributed by atoms with Crippen LogP contribution in [0.5, 0.6) is 5.75 Å². The lowest BCUT2D eigenvalue weighted by atomic mass is 10.2. The fourth-order valence-corrected chi connectivity index (χ4v) is 2.00. The summed E-state index contributed by atoms with van der Waals surface area (Å²) in [5, 5.41) is 16.9. The molecule has 0 spiro atoms. The maximum Gasteiger partial charge on any atom is 0.257 e. The second-order valence-corrected chi connectivity index (χ2v) is 4.91. The minimum atomic E-state index is -0.352. The summed E-state index contributed by atoms with van der Waals surface area (Å²) in [6.07, 6.45) is 0. The van der Waals surface area contributed by atoms with Crippen molar-refractivity contribution in [2.75, 3.05) is 7.05 Å². The van der Waals surface area contributed by atoms with Gasteiger partial charge in [-0.3, -0.25) is 4.79 Å². The van der Waals surface area contributed by atoms with E-state index in [0.29, 0.717) is 5.56 Å². The minimum Gasteiger partial charge on any atom is -0.508 e. The smallest absolute Gasteiger partial charge is 0.257 e. The Morgan fingerprint density at radius 2 is 2.00 bits per heavy atom. The summed E-state index contributed by atoms with van der Waals surface area (Å²) in [6, 6.07) is 8.15. The van der Waals surface area contributed by atoms with E-state index in [-0.39, 0.29) is 34.1 Å². The van der Waals surface area contributed by atoms with Gasteiger partial charge < -0.3 is 10.0 Å². The number of carbonyl (C=O) groups is 1. The first-order chi connectivity index (χ1) is 9.49. The molecule has 0 saturated carbocycles. The standard InChI is InChI=1S/C13H11Cl2N3O2/c1-18(7-8-4-2-3-5-10(8)19)13(20)9-6-11(14)16-17-12(9)15/h2-6,19H,7H2,1H3. The highest BCUT2D eigenvalue weighted by Gasteiger charge is 2.18. The molecule has 0 bridgehead atoms. The summed E-state index contributed by atoms with van der Waals surface area (Å²) in [5.74, 6) is -0.223. The van der Waals surface area contributed by atoms with E-state index >= 15 is 0 Å². The van der Waals surface area contributed by atoms with E-state index in [4.69, 9.17) is 23.2 Å². The number of hydrogen-bond acceptors (Lipinski definition) is 4. The summed E-state index contributed by atoms with van der Waals surface area (Å²) in [7, 11) is 1.60. The van der Waals surface area contributed by atoms with Gasteiger partial charge in [0.15, 0.2) is 10.3 Å². The van der Waals surface area contributed by atoms with Gasteiger partial charge in [-0.2, -0.15) is 0 Å². The van der Waals surface area contributed by atoms with Crippen LogP contribution in [-0.2, 0) is 6.54 Å². The Labute approximate surface area is 125 Å². The number of aromatic hydroxyl groups is 1. The van der Waals surface area contributed by atoms with Crippen molar-refractivity contribution in [3.63, 3.8) is 0 Å². The first-order valence-corrected chi connectivity index (χ1v) is 6.45. The second-order valence-electron chi connectivity index (χ2n) is 4.16. The molecule has 2 rings (SSSR count). The molecule has 0 aliphatic heterocycles. The van der Waals surface area contributed by atoms with E-state index < -0.39 is 0 Å². The molecule has 0 fully saturated rings. The molecule has 0 unspecified atom stereocenters. The highest BCUT2D eigenvalue weighted by molar-refractivity contribution is 6.34. The number of halogens is 2. The van der Waals surface area contributed by atoms with Crippen LogP contribution in [0.4, 0.5) is 0 Å². The van der Waals surface area contributed by atoms with E-state index in [1.807, 2.05) is 0 Å². The second kappa shape index (κ2) is 6.07. The van der Waals surface area contributed by atoms with Gasteiger partial charge in [0.2, 0.25) is 0 Å². The number of aromatic nitrogens is 2. The van der Waals surface area contributed by atoms with Crippen LogP contribution in [0.25, 0.3) is 0 Å². The van der Waals surface area contributed by atoms with Crippen LogP contribution in [0.3, 0.4) is 0 Å². The lowest BCUT2D eigenvalue weighted by Gasteiger charge is -2.18. The van der Waals surface area contributed by atoms with E-state index in [9.17, 15) is 9.90 Å². The molecule has 2 aromatic rings. The molecule has 0 aliphatic rings. The van der Waals surface area contributed by atoms with Gasteiger partial charge >= 0.3 is 0 Å². The maximum absolute atomic E-state index is 12.3. The predicted octanol–water partition coefficient (Wildman–Crippen LogP) is 2.76. The van der Waals surface area contributed by atoms with Crippen molar-refractivity contribution >= 4 is 29.1 Å². The summed E-state index contributed by atoms with van der Waals surface area (Å²) in [6.45, 7) is 0.238. The normalized spacial score (nSPS) is 10.3. The summed E-state index contributed by atoms with van der Waals surface area (Å²) < 4.78 is 0. The van der Waals surface area contributed by atoms with Crippen LogP contribution in [0, 0.1) is 0 Å². The number of phenolic OH excluding ortho intramolecular Hbond substituents is 1. The van der Waals surface area contributed by atoms with Gasteiger partial charge in [0, 0.05) is 19.2 Å². The van der Waals surface area contributed by atoms with Crippen molar-refractivity contribution in [1.82, 2.24) is 15.1 Å². The summed E-state index contributed by atoms with van der Waals surface area (Å²) >= 11 is 11.5. The van der Waals surface area contributed by atoms with Gasteiger partial charge in [0.05, 0.1) is 5.56 Å². The quantitative estimate of drug-likeness (QED) is 0.946. The number of carbonyl (C=O) groups excluding carboxylic acids is 1. The van der Waals surface area contributed by atoms with Crippen LogP contribution >= 0.6 is 23.2 Å². The Hall–Kier alpha value is -1.85. The highest BCUT2D eigenvalue weighted by Crippen LogP contribution is 2.21. The topological polar surface area (TPSA) is 66.3 Å². The number of hydrogen-bond donors (Lipinski definition) is 1. The number of amides is 1. The number of benzene rings is 1. The molecule has 20 heavy (non-hydrogen) atoms. The Morgan fingerprint density at radius 1 is 1.30 bits per heavy atom. The third-order valence-corrected chi connectivity index (χ3v) is 3.16. The van der Waals surface area contributed by atoms with Crippen LogP contribution < -0.4 is 0 Å². The van der Waals surface area contributed by atoms with Crippen molar-refractivity contribution in [3.8, 4) is 5.75 Å². The maximum atomic E-state index is 12.3. The SMILES string of the molecule is CN(Cc1ccccc1O)C(=O)c1cc(Cl)nnc1Cl. The van der Waals surface area contributed by atoms with Gasteiger partial charge in [0.1, 0.15) is 5.75 Å². The highest BCUT2D eigenvalue weighted by atomic mass is 35.5. The molecular formula is C13H11Cl2N3O2. The molecule has 1 heterocycles. The zero-order chi connectivity index (χ0) is 14.7. The van der Waals surface area contributed by atoms with Crippen molar-refractivity contribution in [3.05, 3.63) is 51.8 Å². The average Bonchev–Trinajstić information content (AvgIpc) is 2.43. The third kappa shape index (κ3) is 3.18. The zero-order valence-electron chi connectivity index (χ0n) is 10.5. The molecule has 1 aromatic carbocycles. The summed E-state index contributed by atoms with van der Waals surface area (Å²) in [4.78, 5) is 13.7. The number of nitrogens with zero attached hydrogens (tertiary/aromatic N) is 3. The van der Waals surface area contributed by atoms with Gasteiger partial charge in [0.25, 0.3) is 5.91 Å². The Bertz CT molecular complexity index is 649. The van der Waals surface area contributed by atoms with Crippen LogP contribution in [0.1, 0.15) is 15.9 Å². The molecule has 5 nitrogen and oxygen atoms in total. The van der Waals surface area contributed by atoms with Crippen LogP contribution in [0.2, 0.25) is 10.3 Å². The molecule has 0 atom stereocenters. The van der Waals surface area contributed by atoms with Gasteiger partial charge in [-0.1, -0.05) is 41.4 Å². The van der Waals surface area contributed by atoms with Gasteiger partial charge in [-0.25, -0.2) is 0 Å². The fourth-order valence-electron chi connectivity index (χ4n) is 1.68. The Morgan fingerprint density at radius 3 is 2.70 bits per heavy atom. The van der Waals surface area contributed by atoms with E-state index in [1.54, 1.807) is 31.3 Å². The lowest BCUT2D eigenvalue weighted by Crippen LogP contribution is -2.26. The molecule has 0 radical (unpaired) electrons. The van der Waals surface area contributed by atoms with Crippen molar-refractivity contribution < 1.29 is 9.90 Å². The van der Waals surface area contributed by atoms with Crippen LogP contribution in [-0.4, -0.2) is 33.2 Å². The molecule has 104 valence electrons. The molecule has 1 amide bonds. The van der Waals surface area contributed by atoms with E-state index in [1.165, 1.54) is 11.0 Å². The van der Waals surface area contributed by atoms with Crippen molar-refractivity contribution in [2.45, 2.75) is 6.54 Å². The molecule has 1 N–H and O–H groups in total. The first kappa shape index (κ1) is 14.6. The first-order valence-electron chi connectivity index (χ1n) is 5.70. The number of rotatable bonds is 3.